The van der Waals surface area contributed by atoms with Gasteiger partial charge in [-0.3, -0.25) is 4.31 Å². The Morgan fingerprint density at radius 3 is 2.55 bits per heavy atom. The molecule has 112 valence electrons. The van der Waals surface area contributed by atoms with Crippen LogP contribution in [0.5, 0.6) is 0 Å². The Labute approximate surface area is 120 Å². The molecule has 8 heteroatoms. The Morgan fingerprint density at radius 1 is 1.40 bits per heavy atom. The van der Waals surface area contributed by atoms with Crippen LogP contribution in [0.4, 0.5) is 18.9 Å². The number of fused-ring (bicyclic) bond motifs is 1. The summed E-state index contributed by atoms with van der Waals surface area (Å²) < 4.78 is 62.2. The second-order valence-corrected chi connectivity index (χ2v) is 7.23. The second kappa shape index (κ2) is 5.11. The van der Waals surface area contributed by atoms with E-state index < -0.39 is 27.5 Å². The van der Waals surface area contributed by atoms with Crippen molar-refractivity contribution in [3.63, 3.8) is 0 Å². The summed E-state index contributed by atoms with van der Waals surface area (Å²) in [7, 11) is -3.51. The van der Waals surface area contributed by atoms with E-state index in [1.54, 1.807) is 24.3 Å². The van der Waals surface area contributed by atoms with E-state index in [1.807, 2.05) is 0 Å². The fourth-order valence-corrected chi connectivity index (χ4v) is 3.55. The molecule has 1 aliphatic heterocycles. The molecular formula is C12H13ClF3NO2S. The molecule has 3 nitrogen and oxygen atoms in total. The number of rotatable bonds is 3. The van der Waals surface area contributed by atoms with Gasteiger partial charge in [0.1, 0.15) is 5.38 Å². The van der Waals surface area contributed by atoms with Crippen molar-refractivity contribution in [2.75, 3.05) is 17.1 Å². The van der Waals surface area contributed by atoms with Crippen molar-refractivity contribution in [2.45, 2.75) is 23.9 Å². The highest BCUT2D eigenvalue weighted by molar-refractivity contribution is 7.92. The number of anilines is 1. The molecule has 0 bridgehead atoms. The summed E-state index contributed by atoms with van der Waals surface area (Å²) >= 11 is 5.37. The third-order valence-electron chi connectivity index (χ3n) is 3.28. The fraction of sp³-hybridized carbons (Fsp3) is 0.500. The SMILES string of the molecule is CS(=O)(=O)N1CC(CC(Cl)C(F)(F)F)c2ccccc21. The van der Waals surface area contributed by atoms with Crippen LogP contribution in [0, 0.1) is 0 Å². The Hall–Kier alpha value is -0.950. The van der Waals surface area contributed by atoms with Crippen molar-refractivity contribution >= 4 is 27.3 Å². The average molecular weight is 328 g/mol. The summed E-state index contributed by atoms with van der Waals surface area (Å²) in [5.41, 5.74) is 1.03. The maximum atomic E-state index is 12.5. The second-order valence-electron chi connectivity index (χ2n) is 4.79. The fourth-order valence-electron chi connectivity index (χ4n) is 2.36. The molecule has 0 aliphatic carbocycles. The molecule has 0 saturated carbocycles. The molecule has 1 aromatic carbocycles. The first-order valence-corrected chi connectivity index (χ1v) is 8.16. The van der Waals surface area contributed by atoms with Gasteiger partial charge >= 0.3 is 6.18 Å². The molecule has 0 aromatic heterocycles. The van der Waals surface area contributed by atoms with E-state index in [2.05, 4.69) is 0 Å². The number of nitrogens with zero attached hydrogens (tertiary/aromatic N) is 1. The summed E-state index contributed by atoms with van der Waals surface area (Å²) in [4.78, 5) is 0. The number of halogens is 4. The summed E-state index contributed by atoms with van der Waals surface area (Å²) in [6.07, 6.45) is -3.79. The van der Waals surface area contributed by atoms with Gasteiger partial charge in [-0.25, -0.2) is 8.42 Å². The molecule has 1 aromatic rings. The highest BCUT2D eigenvalue weighted by Crippen LogP contribution is 2.42. The van der Waals surface area contributed by atoms with E-state index >= 15 is 0 Å². The van der Waals surface area contributed by atoms with Crippen LogP contribution in [0.1, 0.15) is 17.9 Å². The highest BCUT2D eigenvalue weighted by Gasteiger charge is 2.42. The van der Waals surface area contributed by atoms with E-state index in [9.17, 15) is 21.6 Å². The molecule has 0 spiro atoms. The summed E-state index contributed by atoms with van der Waals surface area (Å²) in [5, 5.41) is -1.99. The number of alkyl halides is 4. The molecular weight excluding hydrogens is 315 g/mol. The van der Waals surface area contributed by atoms with E-state index in [1.165, 1.54) is 0 Å². The molecule has 20 heavy (non-hydrogen) atoms. The van der Waals surface area contributed by atoms with Gasteiger partial charge in [0, 0.05) is 12.5 Å². The Morgan fingerprint density at radius 2 is 2.00 bits per heavy atom. The van der Waals surface area contributed by atoms with Crippen molar-refractivity contribution in [1.82, 2.24) is 0 Å². The zero-order chi connectivity index (χ0) is 15.1. The molecule has 0 radical (unpaired) electrons. The molecule has 0 amide bonds. The van der Waals surface area contributed by atoms with Crippen molar-refractivity contribution in [3.8, 4) is 0 Å². The van der Waals surface area contributed by atoms with Crippen LogP contribution in [0.25, 0.3) is 0 Å². The number of hydrogen-bond donors (Lipinski definition) is 0. The number of hydrogen-bond acceptors (Lipinski definition) is 2. The van der Waals surface area contributed by atoms with E-state index in [0.29, 0.717) is 11.3 Å². The Balaban J connectivity index is 2.31. The predicted molar refractivity (Wildman–Crippen MR) is 71.7 cm³/mol. The number of benzene rings is 1. The van der Waals surface area contributed by atoms with Crippen LogP contribution in [0.2, 0.25) is 0 Å². The zero-order valence-corrected chi connectivity index (χ0v) is 12.1. The lowest BCUT2D eigenvalue weighted by molar-refractivity contribution is -0.132. The summed E-state index contributed by atoms with van der Waals surface area (Å²) in [6.45, 7) is -0.00250. The number of sulfonamides is 1. The van der Waals surface area contributed by atoms with Gasteiger partial charge in [0.25, 0.3) is 0 Å². The lowest BCUT2D eigenvalue weighted by Crippen LogP contribution is -2.30. The lowest BCUT2D eigenvalue weighted by Gasteiger charge is -2.19. The van der Waals surface area contributed by atoms with E-state index in [4.69, 9.17) is 11.6 Å². The van der Waals surface area contributed by atoms with Gasteiger partial charge < -0.3 is 0 Å². The van der Waals surface area contributed by atoms with Crippen LogP contribution in [0.15, 0.2) is 24.3 Å². The van der Waals surface area contributed by atoms with Gasteiger partial charge in [-0.2, -0.15) is 13.2 Å². The lowest BCUT2D eigenvalue weighted by atomic mass is 9.96. The van der Waals surface area contributed by atoms with Gasteiger partial charge in [-0.15, -0.1) is 11.6 Å². The van der Waals surface area contributed by atoms with Crippen molar-refractivity contribution in [3.05, 3.63) is 29.8 Å². The molecule has 2 unspecified atom stereocenters. The van der Waals surface area contributed by atoms with Crippen LogP contribution >= 0.6 is 11.6 Å². The average Bonchev–Trinajstić information content (AvgIpc) is 2.67. The van der Waals surface area contributed by atoms with Crippen LogP contribution < -0.4 is 4.31 Å². The molecule has 0 fully saturated rings. The van der Waals surface area contributed by atoms with Gasteiger partial charge in [-0.05, 0) is 18.1 Å². The van der Waals surface area contributed by atoms with E-state index in [0.717, 1.165) is 10.6 Å². The highest BCUT2D eigenvalue weighted by atomic mass is 35.5. The van der Waals surface area contributed by atoms with Crippen molar-refractivity contribution in [2.24, 2.45) is 0 Å². The van der Waals surface area contributed by atoms with Crippen LogP contribution in [-0.4, -0.2) is 32.8 Å². The third kappa shape index (κ3) is 3.03. The minimum atomic E-state index is -4.49. The van der Waals surface area contributed by atoms with E-state index in [-0.39, 0.29) is 13.0 Å². The predicted octanol–water partition coefficient (Wildman–Crippen LogP) is 3.11. The molecule has 0 N–H and O–H groups in total. The largest absolute Gasteiger partial charge is 0.404 e. The van der Waals surface area contributed by atoms with Gasteiger partial charge in [0.15, 0.2) is 0 Å². The molecule has 2 rings (SSSR count). The van der Waals surface area contributed by atoms with Crippen LogP contribution in [0.3, 0.4) is 0 Å². The first kappa shape index (κ1) is 15.4. The zero-order valence-electron chi connectivity index (χ0n) is 10.6. The van der Waals surface area contributed by atoms with Gasteiger partial charge in [-0.1, -0.05) is 18.2 Å². The van der Waals surface area contributed by atoms with Gasteiger partial charge in [0.2, 0.25) is 10.0 Å². The first-order valence-electron chi connectivity index (χ1n) is 5.88. The molecule has 2 atom stereocenters. The van der Waals surface area contributed by atoms with Crippen LogP contribution in [-0.2, 0) is 10.0 Å². The normalized spacial score (nSPS) is 20.9. The standard InChI is InChI=1S/C12H13ClF3NO2S/c1-20(18,19)17-7-8(6-11(13)12(14,15)16)9-4-2-3-5-10(9)17/h2-5,8,11H,6-7H2,1H3. The van der Waals surface area contributed by atoms with Crippen molar-refractivity contribution in [1.29, 1.82) is 0 Å². The minimum absolute atomic E-state index is 0.00250. The third-order valence-corrected chi connectivity index (χ3v) is 4.85. The Bertz CT molecular complexity index is 603. The smallest absolute Gasteiger partial charge is 0.270 e. The minimum Gasteiger partial charge on any atom is -0.270 e. The number of para-hydroxylation sites is 1. The topological polar surface area (TPSA) is 37.4 Å². The maximum absolute atomic E-state index is 12.5. The monoisotopic (exact) mass is 327 g/mol. The molecule has 1 aliphatic rings. The van der Waals surface area contributed by atoms with Gasteiger partial charge in [0.05, 0.1) is 11.9 Å². The quantitative estimate of drug-likeness (QED) is 0.800. The Kier molecular flexibility index (Phi) is 3.94. The maximum Gasteiger partial charge on any atom is 0.404 e. The first-order chi connectivity index (χ1) is 9.10. The summed E-state index contributed by atoms with van der Waals surface area (Å²) in [6, 6.07) is 6.56. The summed E-state index contributed by atoms with van der Waals surface area (Å²) in [5.74, 6) is -0.551. The molecule has 1 heterocycles. The molecule has 0 saturated heterocycles. The van der Waals surface area contributed by atoms with Crippen molar-refractivity contribution < 1.29 is 21.6 Å².